The monoisotopic (exact) mass is 490 g/mol. The zero-order valence-electron chi connectivity index (χ0n) is 16.5. The van der Waals surface area contributed by atoms with Gasteiger partial charge in [-0.15, -0.1) is 0 Å². The zero-order chi connectivity index (χ0) is 22.4. The number of rotatable bonds is 6. The quantitative estimate of drug-likeness (QED) is 0.450. The van der Waals surface area contributed by atoms with Crippen molar-refractivity contribution in [3.8, 4) is 5.69 Å². The molecule has 2 aromatic carbocycles. The number of hydroxylamine groups is 1. The van der Waals surface area contributed by atoms with E-state index in [0.29, 0.717) is 16.2 Å². The van der Waals surface area contributed by atoms with Crippen LogP contribution in [0.2, 0.25) is 0 Å². The van der Waals surface area contributed by atoms with Crippen LogP contribution in [0.1, 0.15) is 23.3 Å². The molecule has 0 aliphatic heterocycles. The number of benzene rings is 2. The maximum Gasteiger partial charge on any atom is 0.358 e. The number of carboxylic acid groups (broad SMARTS) is 1. The maximum absolute atomic E-state index is 14.0. The summed E-state index contributed by atoms with van der Waals surface area (Å²) in [6.07, 6.45) is 2.57. The molecule has 31 heavy (non-hydrogen) atoms. The first kappa shape index (κ1) is 22.6. The second kappa shape index (κ2) is 10.3. The minimum atomic E-state index is -1.34. The summed E-state index contributed by atoms with van der Waals surface area (Å²) in [5.74, 6) is -1.94. The summed E-state index contributed by atoms with van der Waals surface area (Å²) in [4.78, 5) is 28.5. The molecule has 1 aromatic heterocycles. The van der Waals surface area contributed by atoms with Crippen LogP contribution in [0.15, 0.2) is 63.9 Å². The van der Waals surface area contributed by atoms with Crippen LogP contribution in [0.25, 0.3) is 5.69 Å². The predicted molar refractivity (Wildman–Crippen MR) is 117 cm³/mol. The lowest BCUT2D eigenvalue weighted by atomic mass is 10.2. The third-order valence-electron chi connectivity index (χ3n) is 4.20. The molecular weight excluding hydrogens is 471 g/mol. The van der Waals surface area contributed by atoms with Crippen molar-refractivity contribution >= 4 is 33.3 Å². The Bertz CT molecular complexity index is 1120. The average molecular weight is 491 g/mol. The van der Waals surface area contributed by atoms with E-state index in [-0.39, 0.29) is 11.4 Å². The van der Waals surface area contributed by atoms with Crippen LogP contribution in [-0.4, -0.2) is 34.0 Å². The lowest BCUT2D eigenvalue weighted by molar-refractivity contribution is 0.0689. The van der Waals surface area contributed by atoms with Gasteiger partial charge in [-0.25, -0.2) is 9.18 Å². The molecule has 0 unspecified atom stereocenters. The molecule has 1 aliphatic rings. The van der Waals surface area contributed by atoms with Gasteiger partial charge in [0.15, 0.2) is 5.69 Å². The van der Waals surface area contributed by atoms with Crippen molar-refractivity contribution in [3.05, 3.63) is 80.9 Å². The van der Waals surface area contributed by atoms with Gasteiger partial charge in [0.05, 0.1) is 24.2 Å². The molecule has 0 saturated heterocycles. The molecule has 8 nitrogen and oxygen atoms in total. The fourth-order valence-corrected chi connectivity index (χ4v) is 2.90. The fourth-order valence-electron chi connectivity index (χ4n) is 2.57. The van der Waals surface area contributed by atoms with Crippen LogP contribution in [0.5, 0.6) is 0 Å². The molecule has 0 radical (unpaired) electrons. The number of carboxylic acids is 1. The van der Waals surface area contributed by atoms with Gasteiger partial charge in [-0.1, -0.05) is 34.1 Å². The van der Waals surface area contributed by atoms with Crippen molar-refractivity contribution in [3.63, 3.8) is 0 Å². The van der Waals surface area contributed by atoms with Crippen LogP contribution < -0.4 is 16.4 Å². The molecule has 1 fully saturated rings. The first-order chi connectivity index (χ1) is 14.9. The Kier molecular flexibility index (Phi) is 7.50. The molecule has 1 heterocycles. The highest BCUT2D eigenvalue weighted by Gasteiger charge is 2.20. The molecule has 0 atom stereocenters. The molecule has 0 amide bonds. The Morgan fingerprint density at radius 3 is 2.45 bits per heavy atom. The first-order valence-corrected chi connectivity index (χ1v) is 10.1. The molecule has 4 rings (SSSR count). The number of nitrogens with zero attached hydrogens (tertiary/aromatic N) is 2. The number of halogens is 2. The van der Waals surface area contributed by atoms with Crippen molar-refractivity contribution in [2.75, 3.05) is 12.4 Å². The largest absolute Gasteiger partial charge is 0.476 e. The molecule has 3 aromatic rings. The van der Waals surface area contributed by atoms with Gasteiger partial charge in [0.25, 0.3) is 5.56 Å². The SMILES string of the molecule is CONC1CC1.O=C(O)c1nn(-c2ccccc2)c(=O)cc1Nc1ccc(Br)cc1F. The van der Waals surface area contributed by atoms with E-state index in [0.717, 1.165) is 10.7 Å². The lowest BCUT2D eigenvalue weighted by Crippen LogP contribution is -2.24. The highest BCUT2D eigenvalue weighted by atomic mass is 79.9. The van der Waals surface area contributed by atoms with E-state index < -0.39 is 23.0 Å². The topological polar surface area (TPSA) is 105 Å². The minimum absolute atomic E-state index is 0.0318. The Balaban J connectivity index is 0.000000391. The Hall–Kier alpha value is -3.08. The van der Waals surface area contributed by atoms with Crippen LogP contribution in [0.4, 0.5) is 15.8 Å². The van der Waals surface area contributed by atoms with Gasteiger partial charge in [0.1, 0.15) is 5.82 Å². The number of hydrogen-bond acceptors (Lipinski definition) is 6. The molecule has 0 bridgehead atoms. The molecule has 1 aliphatic carbocycles. The number of aromatic nitrogens is 2. The molecule has 10 heteroatoms. The zero-order valence-corrected chi connectivity index (χ0v) is 18.1. The summed E-state index contributed by atoms with van der Waals surface area (Å²) in [7, 11) is 1.65. The van der Waals surface area contributed by atoms with Crippen molar-refractivity contribution in [2.24, 2.45) is 0 Å². The second-order valence-electron chi connectivity index (χ2n) is 6.64. The number of para-hydroxylation sites is 1. The molecule has 0 spiro atoms. The number of nitrogens with one attached hydrogen (secondary N) is 2. The Morgan fingerprint density at radius 1 is 1.19 bits per heavy atom. The van der Waals surface area contributed by atoms with Crippen molar-refractivity contribution in [2.45, 2.75) is 18.9 Å². The lowest BCUT2D eigenvalue weighted by Gasteiger charge is -2.12. The van der Waals surface area contributed by atoms with Crippen molar-refractivity contribution in [1.29, 1.82) is 0 Å². The summed E-state index contributed by atoms with van der Waals surface area (Å²) in [6, 6.07) is 14.4. The molecule has 162 valence electrons. The van der Waals surface area contributed by atoms with Gasteiger partial charge < -0.3 is 15.3 Å². The summed E-state index contributed by atoms with van der Waals surface area (Å²) >= 11 is 3.14. The smallest absolute Gasteiger partial charge is 0.358 e. The Morgan fingerprint density at radius 2 is 1.90 bits per heavy atom. The maximum atomic E-state index is 14.0. The van der Waals surface area contributed by atoms with E-state index in [4.69, 9.17) is 0 Å². The van der Waals surface area contributed by atoms with Crippen LogP contribution in [0, 0.1) is 5.82 Å². The summed E-state index contributed by atoms with van der Waals surface area (Å²) in [5.41, 5.74) is 2.24. The van der Waals surface area contributed by atoms with E-state index in [1.165, 1.54) is 25.0 Å². The van der Waals surface area contributed by atoms with E-state index in [9.17, 15) is 19.1 Å². The van der Waals surface area contributed by atoms with E-state index >= 15 is 0 Å². The highest BCUT2D eigenvalue weighted by molar-refractivity contribution is 9.10. The van der Waals surface area contributed by atoms with Crippen molar-refractivity contribution in [1.82, 2.24) is 15.3 Å². The van der Waals surface area contributed by atoms with E-state index in [2.05, 4.69) is 36.7 Å². The molecule has 1 saturated carbocycles. The van der Waals surface area contributed by atoms with Crippen molar-refractivity contribution < 1.29 is 19.1 Å². The van der Waals surface area contributed by atoms with Crippen LogP contribution in [0.3, 0.4) is 0 Å². The number of aromatic carboxylic acids is 1. The molecule has 3 N–H and O–H groups in total. The van der Waals surface area contributed by atoms with Gasteiger partial charge in [-0.05, 0) is 43.2 Å². The number of anilines is 2. The summed E-state index contributed by atoms with van der Waals surface area (Å²) in [5, 5.41) is 15.9. The summed E-state index contributed by atoms with van der Waals surface area (Å²) < 4.78 is 15.5. The number of hydrogen-bond donors (Lipinski definition) is 3. The van der Waals surface area contributed by atoms with Gasteiger partial charge in [0.2, 0.25) is 0 Å². The first-order valence-electron chi connectivity index (χ1n) is 9.32. The Labute approximate surface area is 185 Å². The third kappa shape index (κ3) is 6.20. The number of carbonyl (C=O) groups is 1. The normalized spacial score (nSPS) is 12.6. The van der Waals surface area contributed by atoms with Crippen LogP contribution in [-0.2, 0) is 4.84 Å². The van der Waals surface area contributed by atoms with Gasteiger partial charge >= 0.3 is 5.97 Å². The van der Waals surface area contributed by atoms with E-state index in [1.807, 2.05) is 0 Å². The summed E-state index contributed by atoms with van der Waals surface area (Å²) in [6.45, 7) is 0. The minimum Gasteiger partial charge on any atom is -0.476 e. The van der Waals surface area contributed by atoms with E-state index in [1.54, 1.807) is 43.5 Å². The highest BCUT2D eigenvalue weighted by Crippen LogP contribution is 2.24. The predicted octanol–water partition coefficient (Wildman–Crippen LogP) is 3.88. The standard InChI is InChI=1S/C17H11BrFN3O3.C4H9NO/c18-10-6-7-13(12(19)8-10)20-14-9-15(23)22(21-16(14)17(24)25)11-4-2-1-3-5-11;1-6-5-4-2-3-4/h1-9,20H,(H,24,25);4-5H,2-3H2,1H3. The van der Waals surface area contributed by atoms with Gasteiger partial charge in [-0.3, -0.25) is 4.79 Å². The average Bonchev–Trinajstić information content (AvgIpc) is 3.56. The van der Waals surface area contributed by atoms with Gasteiger partial charge in [-0.2, -0.15) is 15.3 Å². The molecular formula is C21H20BrFN4O4. The second-order valence-corrected chi connectivity index (χ2v) is 7.56. The fraction of sp³-hybridized carbons (Fsp3) is 0.190. The van der Waals surface area contributed by atoms with Crippen LogP contribution >= 0.6 is 15.9 Å². The third-order valence-corrected chi connectivity index (χ3v) is 4.69. The van der Waals surface area contributed by atoms with Gasteiger partial charge in [0, 0.05) is 16.6 Å².